The second-order valence-corrected chi connectivity index (χ2v) is 6.77. The summed E-state index contributed by atoms with van der Waals surface area (Å²) in [4.78, 5) is 28.4. The summed E-state index contributed by atoms with van der Waals surface area (Å²) in [6.07, 6.45) is 3.27. The Bertz CT molecular complexity index is 721. The first-order chi connectivity index (χ1) is 11.7. The van der Waals surface area contributed by atoms with Crippen LogP contribution in [0.3, 0.4) is 0 Å². The first-order valence-corrected chi connectivity index (χ1v) is 8.94. The number of anilines is 1. The molecule has 1 aromatic carbocycles. The third-order valence-corrected chi connectivity index (χ3v) is 5.13. The van der Waals surface area contributed by atoms with Crippen molar-refractivity contribution in [2.75, 3.05) is 11.1 Å². The van der Waals surface area contributed by atoms with Crippen molar-refractivity contribution in [3.8, 4) is 0 Å². The zero-order valence-corrected chi connectivity index (χ0v) is 14.0. The molecule has 24 heavy (non-hydrogen) atoms. The van der Waals surface area contributed by atoms with E-state index in [1.807, 2.05) is 42.5 Å². The average Bonchev–Trinajstić information content (AvgIpc) is 2.77. The van der Waals surface area contributed by atoms with E-state index in [4.69, 9.17) is 0 Å². The quantitative estimate of drug-likeness (QED) is 0.876. The molecule has 0 saturated heterocycles. The molecule has 0 fully saturated rings. The highest BCUT2D eigenvalue weighted by atomic mass is 32.2. The van der Waals surface area contributed by atoms with Crippen molar-refractivity contribution in [2.24, 2.45) is 0 Å². The summed E-state index contributed by atoms with van der Waals surface area (Å²) in [5.41, 5.74) is 2.84. The van der Waals surface area contributed by atoms with Crippen LogP contribution in [0.4, 0.5) is 5.69 Å². The molecule has 0 radical (unpaired) electrons. The minimum Gasteiger partial charge on any atom is -0.350 e. The molecule has 2 heterocycles. The summed E-state index contributed by atoms with van der Waals surface area (Å²) in [5, 5.41) is 5.57. The molecule has 0 spiro atoms. The Morgan fingerprint density at radius 3 is 2.92 bits per heavy atom. The second-order valence-electron chi connectivity index (χ2n) is 5.58. The Kier molecular flexibility index (Phi) is 5.48. The van der Waals surface area contributed by atoms with Gasteiger partial charge < -0.3 is 10.6 Å². The van der Waals surface area contributed by atoms with Gasteiger partial charge in [0.25, 0.3) is 0 Å². The molecular formula is C18H19N3O2S. The van der Waals surface area contributed by atoms with Gasteiger partial charge in [-0.3, -0.25) is 14.6 Å². The largest absolute Gasteiger partial charge is 0.350 e. The van der Waals surface area contributed by atoms with Gasteiger partial charge in [0.15, 0.2) is 0 Å². The van der Waals surface area contributed by atoms with Crippen molar-refractivity contribution >= 4 is 29.3 Å². The van der Waals surface area contributed by atoms with E-state index in [-0.39, 0.29) is 22.8 Å². The number of carbonyl (C=O) groups is 2. The highest BCUT2D eigenvalue weighted by Gasteiger charge is 2.24. The van der Waals surface area contributed by atoms with E-state index in [0.29, 0.717) is 6.54 Å². The fourth-order valence-electron chi connectivity index (χ4n) is 2.57. The van der Waals surface area contributed by atoms with Crippen LogP contribution in [0.1, 0.15) is 17.7 Å². The Hall–Kier alpha value is -2.34. The highest BCUT2D eigenvalue weighted by molar-refractivity contribution is 8.01. The average molecular weight is 341 g/mol. The van der Waals surface area contributed by atoms with Crippen LogP contribution >= 0.6 is 11.8 Å². The maximum atomic E-state index is 12.3. The molecule has 2 amide bonds. The van der Waals surface area contributed by atoms with Crippen molar-refractivity contribution in [2.45, 2.75) is 24.6 Å². The smallest absolute Gasteiger partial charge is 0.237 e. The van der Waals surface area contributed by atoms with Crippen LogP contribution in [-0.4, -0.2) is 27.8 Å². The number of aryl methyl sites for hydroxylation is 1. The maximum Gasteiger partial charge on any atom is 0.237 e. The van der Waals surface area contributed by atoms with Crippen LogP contribution in [0.15, 0.2) is 48.7 Å². The number of thioether (sulfide) groups is 1. The van der Waals surface area contributed by atoms with Gasteiger partial charge in [0.2, 0.25) is 11.8 Å². The molecular weight excluding hydrogens is 322 g/mol. The van der Waals surface area contributed by atoms with Crippen molar-refractivity contribution in [3.05, 3.63) is 59.9 Å². The first-order valence-electron chi connectivity index (χ1n) is 7.89. The molecule has 2 aromatic rings. The van der Waals surface area contributed by atoms with E-state index in [1.165, 1.54) is 11.8 Å². The second kappa shape index (κ2) is 7.97. The number of aromatic nitrogens is 1. The number of fused-ring (bicyclic) bond motifs is 1. The number of benzene rings is 1. The molecule has 0 unspecified atom stereocenters. The van der Waals surface area contributed by atoms with E-state index >= 15 is 0 Å². The normalized spacial score (nSPS) is 16.7. The van der Waals surface area contributed by atoms with E-state index < -0.39 is 0 Å². The van der Waals surface area contributed by atoms with E-state index in [9.17, 15) is 9.59 Å². The summed E-state index contributed by atoms with van der Waals surface area (Å²) >= 11 is 1.39. The van der Waals surface area contributed by atoms with Gasteiger partial charge in [0, 0.05) is 11.9 Å². The van der Waals surface area contributed by atoms with Gasteiger partial charge in [0.05, 0.1) is 23.2 Å². The molecule has 0 bridgehead atoms. The van der Waals surface area contributed by atoms with Crippen LogP contribution in [0.5, 0.6) is 0 Å². The number of pyridine rings is 1. The molecule has 1 atom stereocenters. The molecule has 3 rings (SSSR count). The summed E-state index contributed by atoms with van der Waals surface area (Å²) < 4.78 is 0. The van der Waals surface area contributed by atoms with Crippen LogP contribution in [0.25, 0.3) is 0 Å². The summed E-state index contributed by atoms with van der Waals surface area (Å²) in [6.45, 7) is 0.405. The van der Waals surface area contributed by atoms with Gasteiger partial charge in [-0.05, 0) is 36.6 Å². The lowest BCUT2D eigenvalue weighted by atomic mass is 10.1. The van der Waals surface area contributed by atoms with E-state index in [1.54, 1.807) is 6.20 Å². The van der Waals surface area contributed by atoms with Gasteiger partial charge in [-0.1, -0.05) is 24.3 Å². The molecule has 124 valence electrons. The van der Waals surface area contributed by atoms with Crippen LogP contribution in [-0.2, 0) is 22.6 Å². The van der Waals surface area contributed by atoms with E-state index in [0.717, 1.165) is 29.8 Å². The SMILES string of the molecule is O=C(CS[C@@H]1CCc2ccccc2NC1=O)NCc1ccccn1. The maximum absolute atomic E-state index is 12.3. The van der Waals surface area contributed by atoms with Crippen molar-refractivity contribution < 1.29 is 9.59 Å². The van der Waals surface area contributed by atoms with E-state index in [2.05, 4.69) is 15.6 Å². The Balaban J connectivity index is 1.48. The predicted octanol–water partition coefficient (Wildman–Crippen LogP) is 2.38. The minimum atomic E-state index is -0.210. The number of carbonyl (C=O) groups excluding carboxylic acids is 2. The number of rotatable bonds is 5. The summed E-state index contributed by atoms with van der Waals surface area (Å²) in [7, 11) is 0. The summed E-state index contributed by atoms with van der Waals surface area (Å²) in [6, 6.07) is 13.4. The fraction of sp³-hybridized carbons (Fsp3) is 0.278. The summed E-state index contributed by atoms with van der Waals surface area (Å²) in [5.74, 6) is 0.157. The number of hydrogen-bond acceptors (Lipinski definition) is 4. The standard InChI is InChI=1S/C18H19N3O2S/c22-17(20-11-14-6-3-4-10-19-14)12-24-16-9-8-13-5-1-2-7-15(13)21-18(16)23/h1-7,10,16H,8-9,11-12H2,(H,20,22)(H,21,23)/t16-/m1/s1. The lowest BCUT2D eigenvalue weighted by molar-refractivity contribution is -0.118. The van der Waals surface area contributed by atoms with Crippen LogP contribution in [0.2, 0.25) is 0 Å². The Morgan fingerprint density at radius 1 is 1.25 bits per heavy atom. The monoisotopic (exact) mass is 341 g/mol. The molecule has 1 aliphatic rings. The lowest BCUT2D eigenvalue weighted by Crippen LogP contribution is -2.29. The van der Waals surface area contributed by atoms with Gasteiger partial charge in [-0.25, -0.2) is 0 Å². The molecule has 6 heteroatoms. The minimum absolute atomic E-state index is 0.0255. The Morgan fingerprint density at radius 2 is 2.08 bits per heavy atom. The Labute approximate surface area is 145 Å². The van der Waals surface area contributed by atoms with Gasteiger partial charge >= 0.3 is 0 Å². The molecule has 5 nitrogen and oxygen atoms in total. The third-order valence-electron chi connectivity index (χ3n) is 3.85. The molecule has 1 aliphatic heterocycles. The highest BCUT2D eigenvalue weighted by Crippen LogP contribution is 2.26. The van der Waals surface area contributed by atoms with Crippen molar-refractivity contribution in [3.63, 3.8) is 0 Å². The topological polar surface area (TPSA) is 71.1 Å². The number of nitrogens with one attached hydrogen (secondary N) is 2. The first kappa shape index (κ1) is 16.5. The lowest BCUT2D eigenvalue weighted by Gasteiger charge is -2.12. The molecule has 2 N–H and O–H groups in total. The number of nitrogens with zero attached hydrogens (tertiary/aromatic N) is 1. The van der Waals surface area contributed by atoms with Gasteiger partial charge in [-0.15, -0.1) is 11.8 Å². The third kappa shape index (κ3) is 4.35. The molecule has 0 aliphatic carbocycles. The van der Waals surface area contributed by atoms with Crippen LogP contribution < -0.4 is 10.6 Å². The fourth-order valence-corrected chi connectivity index (χ4v) is 3.52. The van der Waals surface area contributed by atoms with Crippen molar-refractivity contribution in [1.82, 2.24) is 10.3 Å². The molecule has 1 aromatic heterocycles. The predicted molar refractivity (Wildman–Crippen MR) is 95.7 cm³/mol. The van der Waals surface area contributed by atoms with Crippen molar-refractivity contribution in [1.29, 1.82) is 0 Å². The zero-order valence-electron chi connectivity index (χ0n) is 13.2. The molecule has 0 saturated carbocycles. The number of hydrogen-bond donors (Lipinski definition) is 2. The van der Waals surface area contributed by atoms with Gasteiger partial charge in [-0.2, -0.15) is 0 Å². The van der Waals surface area contributed by atoms with Gasteiger partial charge in [0.1, 0.15) is 0 Å². The number of para-hydroxylation sites is 1. The zero-order chi connectivity index (χ0) is 16.8. The number of amides is 2. The van der Waals surface area contributed by atoms with Crippen LogP contribution in [0, 0.1) is 0 Å².